The molecule has 0 saturated carbocycles. The minimum absolute atomic E-state index is 0.124. The molecule has 4 nitrogen and oxygen atoms in total. The summed E-state index contributed by atoms with van der Waals surface area (Å²) >= 11 is 0. The summed E-state index contributed by atoms with van der Waals surface area (Å²) in [6, 6.07) is 9.71. The number of aromatic nitrogens is 1. The molecule has 1 aromatic carbocycles. The standard InChI is InChI=1S/C15H17FN2O2S/c1-12-6-7-14(16)9-13(12)10-18(21(2,19)20)11-15-5-3-4-8-17-15/h3-9H,10-11H2,1-2H3. The van der Waals surface area contributed by atoms with Gasteiger partial charge in [0.25, 0.3) is 0 Å². The Labute approximate surface area is 124 Å². The SMILES string of the molecule is Cc1ccc(F)cc1CN(Cc1ccccn1)S(C)(=O)=O. The molecule has 0 fully saturated rings. The average molecular weight is 308 g/mol. The number of hydrogen-bond acceptors (Lipinski definition) is 3. The highest BCUT2D eigenvalue weighted by Crippen LogP contribution is 2.16. The van der Waals surface area contributed by atoms with Crippen molar-refractivity contribution in [1.29, 1.82) is 0 Å². The van der Waals surface area contributed by atoms with Gasteiger partial charge in [0, 0.05) is 12.7 Å². The van der Waals surface area contributed by atoms with E-state index < -0.39 is 10.0 Å². The minimum atomic E-state index is -3.42. The lowest BCUT2D eigenvalue weighted by atomic mass is 10.1. The summed E-state index contributed by atoms with van der Waals surface area (Å²) in [6.45, 7) is 2.12. The van der Waals surface area contributed by atoms with Gasteiger partial charge in [-0.25, -0.2) is 12.8 Å². The molecule has 0 N–H and O–H groups in total. The monoisotopic (exact) mass is 308 g/mol. The molecule has 0 atom stereocenters. The smallest absolute Gasteiger partial charge is 0.211 e. The van der Waals surface area contributed by atoms with Crippen molar-refractivity contribution in [2.24, 2.45) is 0 Å². The predicted octanol–water partition coefficient (Wildman–Crippen LogP) is 2.49. The zero-order valence-corrected chi connectivity index (χ0v) is 12.8. The summed E-state index contributed by atoms with van der Waals surface area (Å²) < 4.78 is 38.5. The van der Waals surface area contributed by atoms with Crippen LogP contribution in [0.5, 0.6) is 0 Å². The number of sulfonamides is 1. The Morgan fingerprint density at radius 2 is 1.95 bits per heavy atom. The van der Waals surface area contributed by atoms with Crippen LogP contribution >= 0.6 is 0 Å². The summed E-state index contributed by atoms with van der Waals surface area (Å²) in [5, 5.41) is 0. The second-order valence-corrected chi connectivity index (χ2v) is 6.91. The van der Waals surface area contributed by atoms with Crippen LogP contribution in [0, 0.1) is 12.7 Å². The van der Waals surface area contributed by atoms with Gasteiger partial charge >= 0.3 is 0 Å². The van der Waals surface area contributed by atoms with Crippen LogP contribution in [-0.2, 0) is 23.1 Å². The molecule has 0 aliphatic rings. The Morgan fingerprint density at radius 3 is 2.57 bits per heavy atom. The van der Waals surface area contributed by atoms with Crippen molar-refractivity contribution in [1.82, 2.24) is 9.29 Å². The van der Waals surface area contributed by atoms with E-state index in [-0.39, 0.29) is 18.9 Å². The molecule has 2 rings (SSSR count). The van der Waals surface area contributed by atoms with Crippen LogP contribution in [0.1, 0.15) is 16.8 Å². The molecule has 1 aromatic heterocycles. The van der Waals surface area contributed by atoms with Crippen molar-refractivity contribution in [2.75, 3.05) is 6.26 Å². The van der Waals surface area contributed by atoms with Crippen molar-refractivity contribution >= 4 is 10.0 Å². The van der Waals surface area contributed by atoms with Crippen molar-refractivity contribution in [3.8, 4) is 0 Å². The molecule has 21 heavy (non-hydrogen) atoms. The maximum atomic E-state index is 13.3. The van der Waals surface area contributed by atoms with Gasteiger partial charge in [0.05, 0.1) is 18.5 Å². The van der Waals surface area contributed by atoms with Crippen LogP contribution in [0.25, 0.3) is 0 Å². The molecule has 6 heteroatoms. The molecule has 0 saturated heterocycles. The molecule has 2 aromatic rings. The summed E-state index contributed by atoms with van der Waals surface area (Å²) in [6.07, 6.45) is 2.76. The average Bonchev–Trinajstić information content (AvgIpc) is 2.42. The van der Waals surface area contributed by atoms with Gasteiger partial charge in [-0.1, -0.05) is 12.1 Å². The molecular formula is C15H17FN2O2S. The van der Waals surface area contributed by atoms with Gasteiger partial charge in [-0.2, -0.15) is 4.31 Å². The van der Waals surface area contributed by atoms with Gasteiger partial charge in [0.1, 0.15) is 5.82 Å². The minimum Gasteiger partial charge on any atom is -0.260 e. The molecule has 0 unspecified atom stereocenters. The van der Waals surface area contributed by atoms with Crippen LogP contribution in [0.3, 0.4) is 0 Å². The third-order valence-corrected chi connectivity index (χ3v) is 4.39. The van der Waals surface area contributed by atoms with Crippen LogP contribution in [0.4, 0.5) is 4.39 Å². The van der Waals surface area contributed by atoms with E-state index in [9.17, 15) is 12.8 Å². The van der Waals surface area contributed by atoms with E-state index in [0.29, 0.717) is 11.3 Å². The third-order valence-electron chi connectivity index (χ3n) is 3.19. The molecule has 112 valence electrons. The fourth-order valence-electron chi connectivity index (χ4n) is 1.96. The van der Waals surface area contributed by atoms with Crippen LogP contribution in [0.15, 0.2) is 42.6 Å². The topological polar surface area (TPSA) is 50.3 Å². The zero-order chi connectivity index (χ0) is 15.5. The van der Waals surface area contributed by atoms with Gasteiger partial charge in [-0.15, -0.1) is 0 Å². The van der Waals surface area contributed by atoms with E-state index in [1.165, 1.54) is 16.4 Å². The molecule has 0 amide bonds. The Kier molecular flexibility index (Phi) is 4.69. The van der Waals surface area contributed by atoms with Gasteiger partial charge in [0.15, 0.2) is 0 Å². The lowest BCUT2D eigenvalue weighted by Crippen LogP contribution is -2.29. The number of nitrogens with zero attached hydrogens (tertiary/aromatic N) is 2. The van der Waals surface area contributed by atoms with Gasteiger partial charge in [0.2, 0.25) is 10.0 Å². The molecule has 0 aliphatic carbocycles. The zero-order valence-electron chi connectivity index (χ0n) is 12.0. The fraction of sp³-hybridized carbons (Fsp3) is 0.267. The van der Waals surface area contributed by atoms with Crippen LogP contribution in [0.2, 0.25) is 0 Å². The Bertz CT molecular complexity index is 718. The second-order valence-electron chi connectivity index (χ2n) is 4.92. The third kappa shape index (κ3) is 4.34. The highest BCUT2D eigenvalue weighted by atomic mass is 32.2. The quantitative estimate of drug-likeness (QED) is 0.852. The first-order chi connectivity index (χ1) is 9.86. The molecule has 0 bridgehead atoms. The van der Waals surface area contributed by atoms with Crippen molar-refractivity contribution in [3.63, 3.8) is 0 Å². The Morgan fingerprint density at radius 1 is 1.19 bits per heavy atom. The number of benzene rings is 1. The van der Waals surface area contributed by atoms with Crippen molar-refractivity contribution in [2.45, 2.75) is 20.0 Å². The molecule has 0 aliphatic heterocycles. The number of rotatable bonds is 5. The first kappa shape index (κ1) is 15.6. The fourth-order valence-corrected chi connectivity index (χ4v) is 2.70. The van der Waals surface area contributed by atoms with Crippen LogP contribution in [-0.4, -0.2) is 24.0 Å². The van der Waals surface area contributed by atoms with E-state index in [4.69, 9.17) is 0 Å². The summed E-state index contributed by atoms with van der Waals surface area (Å²) in [4.78, 5) is 4.13. The molecule has 1 heterocycles. The number of hydrogen-bond donors (Lipinski definition) is 0. The van der Waals surface area contributed by atoms with Gasteiger partial charge < -0.3 is 0 Å². The lowest BCUT2D eigenvalue weighted by molar-refractivity contribution is 0.399. The summed E-state index contributed by atoms with van der Waals surface area (Å²) in [7, 11) is -3.42. The Hall–Kier alpha value is -1.79. The van der Waals surface area contributed by atoms with Crippen LogP contribution < -0.4 is 0 Å². The molecule has 0 radical (unpaired) electrons. The first-order valence-corrected chi connectivity index (χ1v) is 8.31. The maximum Gasteiger partial charge on any atom is 0.211 e. The van der Waals surface area contributed by atoms with E-state index in [1.807, 2.05) is 6.92 Å². The highest BCUT2D eigenvalue weighted by Gasteiger charge is 2.19. The van der Waals surface area contributed by atoms with E-state index in [1.54, 1.807) is 30.5 Å². The Balaban J connectivity index is 2.27. The van der Waals surface area contributed by atoms with Crippen molar-refractivity contribution < 1.29 is 12.8 Å². The normalized spacial score (nSPS) is 11.8. The van der Waals surface area contributed by atoms with Gasteiger partial charge in [-0.3, -0.25) is 4.98 Å². The number of halogens is 1. The molecular weight excluding hydrogens is 291 g/mol. The second kappa shape index (κ2) is 6.32. The van der Waals surface area contributed by atoms with E-state index in [2.05, 4.69) is 4.98 Å². The van der Waals surface area contributed by atoms with E-state index >= 15 is 0 Å². The highest BCUT2D eigenvalue weighted by molar-refractivity contribution is 7.88. The largest absolute Gasteiger partial charge is 0.260 e. The maximum absolute atomic E-state index is 13.3. The van der Waals surface area contributed by atoms with Crippen molar-refractivity contribution in [3.05, 3.63) is 65.2 Å². The summed E-state index contributed by atoms with van der Waals surface area (Å²) in [5.41, 5.74) is 2.15. The van der Waals surface area contributed by atoms with Gasteiger partial charge in [-0.05, 0) is 42.3 Å². The predicted molar refractivity (Wildman–Crippen MR) is 79.5 cm³/mol. The number of aryl methyl sites for hydroxylation is 1. The first-order valence-electron chi connectivity index (χ1n) is 6.46. The number of pyridine rings is 1. The molecule has 0 spiro atoms. The lowest BCUT2D eigenvalue weighted by Gasteiger charge is -2.20. The van der Waals surface area contributed by atoms with E-state index in [0.717, 1.165) is 11.8 Å². The summed E-state index contributed by atoms with van der Waals surface area (Å²) in [5.74, 6) is -0.373.